The number of hydrogen-bond donors (Lipinski definition) is 0. The molecule has 0 amide bonds. The fraction of sp³-hybridized carbons (Fsp3) is 0.294. The van der Waals surface area contributed by atoms with Gasteiger partial charge in [0.2, 0.25) is 0 Å². The van der Waals surface area contributed by atoms with Crippen LogP contribution in [0.25, 0.3) is 5.70 Å². The standard InChI is InChI=1S/C17H18N2O/c1-12-7-6-10-16-18-13(2)15(17(20)19(12)16)11-14-8-4-3-5-9-14/h3-5,8-9H,1,6-7,10-11H2,2H3. The molecular weight excluding hydrogens is 248 g/mol. The van der Waals surface area contributed by atoms with Gasteiger partial charge in [-0.25, -0.2) is 4.98 Å². The molecule has 0 saturated heterocycles. The molecule has 1 aromatic heterocycles. The van der Waals surface area contributed by atoms with Gasteiger partial charge in [0.15, 0.2) is 0 Å². The molecule has 0 atom stereocenters. The van der Waals surface area contributed by atoms with E-state index in [1.807, 2.05) is 37.3 Å². The van der Waals surface area contributed by atoms with Crippen molar-refractivity contribution < 1.29 is 0 Å². The van der Waals surface area contributed by atoms with Crippen LogP contribution in [0.4, 0.5) is 0 Å². The van der Waals surface area contributed by atoms with Gasteiger partial charge in [0.1, 0.15) is 5.82 Å². The van der Waals surface area contributed by atoms with E-state index in [2.05, 4.69) is 11.6 Å². The molecule has 0 N–H and O–H groups in total. The van der Waals surface area contributed by atoms with Crippen LogP contribution in [0.15, 0.2) is 41.7 Å². The summed E-state index contributed by atoms with van der Waals surface area (Å²) in [5.74, 6) is 0.862. The Kier molecular flexibility index (Phi) is 3.26. The summed E-state index contributed by atoms with van der Waals surface area (Å²) in [6.45, 7) is 5.95. The molecule has 1 aliphatic heterocycles. The smallest absolute Gasteiger partial charge is 0.261 e. The topological polar surface area (TPSA) is 34.9 Å². The molecule has 0 unspecified atom stereocenters. The van der Waals surface area contributed by atoms with Gasteiger partial charge in [-0.15, -0.1) is 0 Å². The van der Waals surface area contributed by atoms with Crippen LogP contribution in [0.3, 0.4) is 0 Å². The number of aryl methyl sites for hydroxylation is 2. The fourth-order valence-corrected chi connectivity index (χ4v) is 2.78. The van der Waals surface area contributed by atoms with Crippen molar-refractivity contribution in [3.63, 3.8) is 0 Å². The van der Waals surface area contributed by atoms with E-state index in [0.717, 1.165) is 47.6 Å². The van der Waals surface area contributed by atoms with Crippen molar-refractivity contribution in [3.05, 3.63) is 69.9 Å². The van der Waals surface area contributed by atoms with Crippen LogP contribution >= 0.6 is 0 Å². The van der Waals surface area contributed by atoms with Gasteiger partial charge in [-0.05, 0) is 25.3 Å². The monoisotopic (exact) mass is 266 g/mol. The number of hydrogen-bond acceptors (Lipinski definition) is 2. The van der Waals surface area contributed by atoms with Gasteiger partial charge in [0, 0.05) is 29.8 Å². The minimum absolute atomic E-state index is 0.0565. The summed E-state index contributed by atoms with van der Waals surface area (Å²) in [6.07, 6.45) is 3.40. The summed E-state index contributed by atoms with van der Waals surface area (Å²) in [5, 5.41) is 0. The van der Waals surface area contributed by atoms with Crippen LogP contribution in [0.2, 0.25) is 0 Å². The Bertz CT molecular complexity index is 714. The lowest BCUT2D eigenvalue weighted by Gasteiger charge is -2.21. The Morgan fingerprint density at radius 2 is 2.00 bits per heavy atom. The number of allylic oxidation sites excluding steroid dienone is 1. The second-order valence-electron chi connectivity index (χ2n) is 5.31. The molecule has 102 valence electrons. The molecule has 20 heavy (non-hydrogen) atoms. The van der Waals surface area contributed by atoms with Crippen LogP contribution in [0.1, 0.15) is 35.5 Å². The van der Waals surface area contributed by atoms with Crippen molar-refractivity contribution >= 4 is 5.70 Å². The van der Waals surface area contributed by atoms with Crippen LogP contribution in [0.5, 0.6) is 0 Å². The predicted octanol–water partition coefficient (Wildman–Crippen LogP) is 2.95. The van der Waals surface area contributed by atoms with Crippen LogP contribution in [0, 0.1) is 6.92 Å². The summed E-state index contributed by atoms with van der Waals surface area (Å²) < 4.78 is 1.72. The van der Waals surface area contributed by atoms with Gasteiger partial charge in [-0.1, -0.05) is 36.9 Å². The van der Waals surface area contributed by atoms with Crippen molar-refractivity contribution in [3.8, 4) is 0 Å². The summed E-state index contributed by atoms with van der Waals surface area (Å²) in [5.41, 5.74) is 3.69. The molecule has 3 heteroatoms. The Hall–Kier alpha value is -2.16. The molecule has 2 aromatic rings. The van der Waals surface area contributed by atoms with Crippen molar-refractivity contribution in [2.75, 3.05) is 0 Å². The van der Waals surface area contributed by atoms with Crippen LogP contribution in [-0.4, -0.2) is 9.55 Å². The van der Waals surface area contributed by atoms with Crippen LogP contribution in [-0.2, 0) is 12.8 Å². The van der Waals surface area contributed by atoms with E-state index in [1.54, 1.807) is 4.57 Å². The highest BCUT2D eigenvalue weighted by Crippen LogP contribution is 2.20. The zero-order chi connectivity index (χ0) is 14.1. The van der Waals surface area contributed by atoms with E-state index in [0.29, 0.717) is 6.42 Å². The first-order valence-electron chi connectivity index (χ1n) is 7.00. The molecule has 0 radical (unpaired) electrons. The molecule has 1 aromatic carbocycles. The largest absolute Gasteiger partial charge is 0.269 e. The van der Waals surface area contributed by atoms with E-state index >= 15 is 0 Å². The highest BCUT2D eigenvalue weighted by atomic mass is 16.1. The molecule has 3 nitrogen and oxygen atoms in total. The summed E-state index contributed by atoms with van der Waals surface area (Å²) in [7, 11) is 0. The molecule has 0 spiro atoms. The number of nitrogens with zero attached hydrogens (tertiary/aromatic N) is 2. The molecule has 2 heterocycles. The lowest BCUT2D eigenvalue weighted by Crippen LogP contribution is -2.31. The normalized spacial score (nSPS) is 14.2. The lowest BCUT2D eigenvalue weighted by molar-refractivity contribution is 0.662. The van der Waals surface area contributed by atoms with Crippen molar-refractivity contribution in [2.24, 2.45) is 0 Å². The molecule has 0 bridgehead atoms. The maximum atomic E-state index is 12.7. The minimum Gasteiger partial charge on any atom is -0.269 e. The molecule has 3 rings (SSSR count). The highest BCUT2D eigenvalue weighted by molar-refractivity contribution is 5.45. The van der Waals surface area contributed by atoms with Gasteiger partial charge < -0.3 is 0 Å². The van der Waals surface area contributed by atoms with Gasteiger partial charge in [0.25, 0.3) is 5.56 Å². The average molecular weight is 266 g/mol. The van der Waals surface area contributed by atoms with Crippen molar-refractivity contribution in [1.29, 1.82) is 0 Å². The Morgan fingerprint density at radius 3 is 2.75 bits per heavy atom. The second-order valence-corrected chi connectivity index (χ2v) is 5.31. The molecule has 0 fully saturated rings. The van der Waals surface area contributed by atoms with E-state index < -0.39 is 0 Å². The maximum absolute atomic E-state index is 12.7. The SMILES string of the molecule is C=C1CCCc2nc(C)c(Cc3ccccc3)c(=O)n21. The third-order valence-corrected chi connectivity index (χ3v) is 3.86. The van der Waals surface area contributed by atoms with Gasteiger partial charge in [-0.2, -0.15) is 0 Å². The Labute approximate surface area is 118 Å². The Balaban J connectivity index is 2.10. The molecule has 0 saturated carbocycles. The zero-order valence-electron chi connectivity index (χ0n) is 11.7. The quantitative estimate of drug-likeness (QED) is 0.837. The molecule has 1 aliphatic rings. The third kappa shape index (κ3) is 2.20. The average Bonchev–Trinajstić information content (AvgIpc) is 2.44. The van der Waals surface area contributed by atoms with Gasteiger partial charge in [0.05, 0.1) is 0 Å². The summed E-state index contributed by atoms with van der Waals surface area (Å²) in [6, 6.07) is 10.0. The number of fused-ring (bicyclic) bond motifs is 1. The zero-order valence-corrected chi connectivity index (χ0v) is 11.7. The van der Waals surface area contributed by atoms with E-state index in [9.17, 15) is 4.79 Å². The fourth-order valence-electron chi connectivity index (χ4n) is 2.78. The lowest BCUT2D eigenvalue weighted by atomic mass is 10.0. The summed E-state index contributed by atoms with van der Waals surface area (Å²) >= 11 is 0. The first kappa shape index (κ1) is 12.9. The van der Waals surface area contributed by atoms with E-state index in [1.165, 1.54) is 0 Å². The van der Waals surface area contributed by atoms with Crippen LogP contribution < -0.4 is 5.56 Å². The molecule has 0 aliphatic carbocycles. The Morgan fingerprint density at radius 1 is 1.25 bits per heavy atom. The van der Waals surface area contributed by atoms with E-state index in [-0.39, 0.29) is 5.56 Å². The van der Waals surface area contributed by atoms with Gasteiger partial charge in [-0.3, -0.25) is 9.36 Å². The predicted molar refractivity (Wildman–Crippen MR) is 80.8 cm³/mol. The minimum atomic E-state index is 0.0565. The first-order chi connectivity index (χ1) is 9.66. The maximum Gasteiger partial charge on any atom is 0.261 e. The first-order valence-corrected chi connectivity index (χ1v) is 7.00. The second kappa shape index (κ2) is 5.08. The number of aromatic nitrogens is 2. The summed E-state index contributed by atoms with van der Waals surface area (Å²) in [4.78, 5) is 17.3. The molecular formula is C17H18N2O. The third-order valence-electron chi connectivity index (χ3n) is 3.86. The number of rotatable bonds is 2. The van der Waals surface area contributed by atoms with Gasteiger partial charge >= 0.3 is 0 Å². The highest BCUT2D eigenvalue weighted by Gasteiger charge is 2.19. The van der Waals surface area contributed by atoms with Crippen molar-refractivity contribution in [1.82, 2.24) is 9.55 Å². The van der Waals surface area contributed by atoms with Crippen molar-refractivity contribution in [2.45, 2.75) is 32.6 Å². The van der Waals surface area contributed by atoms with E-state index in [4.69, 9.17) is 0 Å². The number of benzene rings is 1.